The fourth-order valence-corrected chi connectivity index (χ4v) is 1.40. The number of hydrogen-bond acceptors (Lipinski definition) is 3. The Balaban J connectivity index is 2.58. The van der Waals surface area contributed by atoms with Gasteiger partial charge in [0.1, 0.15) is 0 Å². The number of carbonyl (C=O) groups excluding carboxylic acids is 1. The highest BCUT2D eigenvalue weighted by Gasteiger charge is 2.09. The van der Waals surface area contributed by atoms with Crippen LogP contribution in [0.3, 0.4) is 0 Å². The molecule has 86 valence electrons. The Hall–Kier alpha value is -1.49. The maximum atomic E-state index is 11.4. The number of rotatable bonds is 5. The number of amides is 1. The summed E-state index contributed by atoms with van der Waals surface area (Å²) in [6.07, 6.45) is 4.00. The molecule has 0 spiro atoms. The Labute approximate surface area is 100 Å². The first-order chi connectivity index (χ1) is 7.59. The number of thiocarbonyl (C=S) groups is 1. The lowest BCUT2D eigenvalue weighted by atomic mass is 10.2. The molecule has 1 rings (SSSR count). The summed E-state index contributed by atoms with van der Waals surface area (Å²) >= 11 is 4.79. The molecule has 0 bridgehead atoms. The highest BCUT2D eigenvalue weighted by Crippen LogP contribution is 2.04. The molecule has 0 fully saturated rings. The van der Waals surface area contributed by atoms with Crippen LogP contribution < -0.4 is 5.73 Å². The zero-order valence-corrected chi connectivity index (χ0v) is 10.0. The molecule has 0 saturated heterocycles. The maximum Gasteiger partial charge on any atom is 0.219 e. The zero-order chi connectivity index (χ0) is 12.0. The van der Waals surface area contributed by atoms with Gasteiger partial charge in [0, 0.05) is 38.8 Å². The van der Waals surface area contributed by atoms with Crippen LogP contribution in [0.25, 0.3) is 0 Å². The van der Waals surface area contributed by atoms with Crippen LogP contribution in [0.15, 0.2) is 24.5 Å². The van der Waals surface area contributed by atoms with Crippen molar-refractivity contribution in [2.75, 3.05) is 6.54 Å². The van der Waals surface area contributed by atoms with Crippen LogP contribution in [0.2, 0.25) is 0 Å². The van der Waals surface area contributed by atoms with E-state index in [1.165, 1.54) is 6.92 Å². The largest absolute Gasteiger partial charge is 0.393 e. The van der Waals surface area contributed by atoms with Gasteiger partial charge in [-0.3, -0.25) is 9.78 Å². The van der Waals surface area contributed by atoms with Crippen molar-refractivity contribution < 1.29 is 4.79 Å². The number of pyridine rings is 1. The van der Waals surface area contributed by atoms with Gasteiger partial charge in [-0.05, 0) is 11.6 Å². The minimum absolute atomic E-state index is 0.0140. The van der Waals surface area contributed by atoms with E-state index in [1.807, 2.05) is 12.1 Å². The van der Waals surface area contributed by atoms with E-state index in [0.717, 1.165) is 5.56 Å². The summed E-state index contributed by atoms with van der Waals surface area (Å²) < 4.78 is 0. The number of nitrogens with two attached hydrogens (primary N) is 1. The van der Waals surface area contributed by atoms with Gasteiger partial charge >= 0.3 is 0 Å². The molecule has 0 radical (unpaired) electrons. The van der Waals surface area contributed by atoms with Gasteiger partial charge in [-0.2, -0.15) is 0 Å². The van der Waals surface area contributed by atoms with E-state index in [1.54, 1.807) is 17.3 Å². The van der Waals surface area contributed by atoms with Gasteiger partial charge < -0.3 is 10.6 Å². The molecule has 4 nitrogen and oxygen atoms in total. The van der Waals surface area contributed by atoms with Gasteiger partial charge in [0.25, 0.3) is 0 Å². The van der Waals surface area contributed by atoms with Crippen LogP contribution in [0.1, 0.15) is 18.9 Å². The van der Waals surface area contributed by atoms with Crippen molar-refractivity contribution in [3.8, 4) is 0 Å². The number of nitrogens with zero attached hydrogens (tertiary/aromatic N) is 2. The minimum Gasteiger partial charge on any atom is -0.393 e. The number of hydrogen-bond donors (Lipinski definition) is 1. The standard InChI is InChI=1S/C11H15N3OS/c1-9(15)14(6-4-11(12)16)8-10-3-2-5-13-7-10/h2-3,5,7H,4,6,8H2,1H3,(H2,12,16). The molecule has 1 amide bonds. The second kappa shape index (κ2) is 6.17. The van der Waals surface area contributed by atoms with Crippen molar-refractivity contribution in [2.45, 2.75) is 19.9 Å². The molecule has 1 heterocycles. The molecule has 0 unspecified atom stereocenters. The zero-order valence-electron chi connectivity index (χ0n) is 9.22. The lowest BCUT2D eigenvalue weighted by Gasteiger charge is -2.20. The van der Waals surface area contributed by atoms with Crippen LogP contribution in [-0.4, -0.2) is 27.3 Å². The molecular weight excluding hydrogens is 222 g/mol. The van der Waals surface area contributed by atoms with Crippen molar-refractivity contribution in [3.63, 3.8) is 0 Å². The second-order valence-corrected chi connectivity index (χ2v) is 4.04. The van der Waals surface area contributed by atoms with E-state index in [0.29, 0.717) is 24.5 Å². The average molecular weight is 237 g/mol. The average Bonchev–Trinajstić information content (AvgIpc) is 2.25. The van der Waals surface area contributed by atoms with E-state index in [9.17, 15) is 4.79 Å². The van der Waals surface area contributed by atoms with Crippen molar-refractivity contribution in [3.05, 3.63) is 30.1 Å². The Kier molecular flexibility index (Phi) is 4.85. The summed E-state index contributed by atoms with van der Waals surface area (Å²) in [4.78, 5) is 17.5. The van der Waals surface area contributed by atoms with Crippen LogP contribution >= 0.6 is 12.2 Å². The predicted octanol–water partition coefficient (Wildman–Crippen LogP) is 1.11. The summed E-state index contributed by atoms with van der Waals surface area (Å²) in [6, 6.07) is 3.78. The number of carbonyl (C=O) groups is 1. The summed E-state index contributed by atoms with van der Waals surface area (Å²) in [5.41, 5.74) is 6.42. The first kappa shape index (κ1) is 12.6. The smallest absolute Gasteiger partial charge is 0.219 e. The van der Waals surface area contributed by atoms with Gasteiger partial charge in [0.05, 0.1) is 4.99 Å². The molecule has 0 saturated carbocycles. The summed E-state index contributed by atoms with van der Waals surface area (Å²) in [7, 11) is 0. The molecule has 1 aromatic rings. The summed E-state index contributed by atoms with van der Waals surface area (Å²) in [5.74, 6) is 0.0140. The first-order valence-corrected chi connectivity index (χ1v) is 5.43. The van der Waals surface area contributed by atoms with Crippen LogP contribution in [0.5, 0.6) is 0 Å². The molecule has 0 atom stereocenters. The fraction of sp³-hybridized carbons (Fsp3) is 0.364. The monoisotopic (exact) mass is 237 g/mol. The van der Waals surface area contributed by atoms with E-state index < -0.39 is 0 Å². The highest BCUT2D eigenvalue weighted by atomic mass is 32.1. The summed E-state index contributed by atoms with van der Waals surface area (Å²) in [5, 5.41) is 0. The third kappa shape index (κ3) is 4.35. The van der Waals surface area contributed by atoms with E-state index >= 15 is 0 Å². The molecule has 0 aliphatic carbocycles. The lowest BCUT2D eigenvalue weighted by Crippen LogP contribution is -2.31. The van der Waals surface area contributed by atoms with Crippen LogP contribution in [0, 0.1) is 0 Å². The van der Waals surface area contributed by atoms with Crippen LogP contribution in [0.4, 0.5) is 0 Å². The van der Waals surface area contributed by atoms with Crippen molar-refractivity contribution in [1.29, 1.82) is 0 Å². The highest BCUT2D eigenvalue weighted by molar-refractivity contribution is 7.80. The molecule has 0 aromatic carbocycles. The van der Waals surface area contributed by atoms with Crippen LogP contribution in [-0.2, 0) is 11.3 Å². The Morgan fingerprint density at radius 3 is 2.88 bits per heavy atom. The normalized spacial score (nSPS) is 9.81. The summed E-state index contributed by atoms with van der Waals surface area (Å²) in [6.45, 7) is 2.64. The van der Waals surface area contributed by atoms with Gasteiger partial charge in [-0.25, -0.2) is 0 Å². The SMILES string of the molecule is CC(=O)N(CCC(N)=S)Cc1cccnc1. The van der Waals surface area contributed by atoms with Crippen molar-refractivity contribution in [2.24, 2.45) is 5.73 Å². The van der Waals surface area contributed by atoms with Crippen molar-refractivity contribution in [1.82, 2.24) is 9.88 Å². The minimum atomic E-state index is 0.0140. The van der Waals surface area contributed by atoms with Gasteiger partial charge in [-0.1, -0.05) is 18.3 Å². The second-order valence-electron chi connectivity index (χ2n) is 3.52. The molecule has 2 N–H and O–H groups in total. The Bertz CT molecular complexity index is 367. The maximum absolute atomic E-state index is 11.4. The van der Waals surface area contributed by atoms with E-state index in [4.69, 9.17) is 18.0 Å². The predicted molar refractivity (Wildman–Crippen MR) is 66.7 cm³/mol. The van der Waals surface area contributed by atoms with Crippen molar-refractivity contribution >= 4 is 23.1 Å². The third-order valence-corrected chi connectivity index (χ3v) is 2.37. The third-order valence-electron chi connectivity index (χ3n) is 2.17. The number of aromatic nitrogens is 1. The molecule has 16 heavy (non-hydrogen) atoms. The lowest BCUT2D eigenvalue weighted by molar-refractivity contribution is -0.129. The molecule has 0 aliphatic heterocycles. The van der Waals surface area contributed by atoms with E-state index in [-0.39, 0.29) is 5.91 Å². The fourth-order valence-electron chi connectivity index (χ4n) is 1.31. The molecule has 0 aliphatic rings. The molecule has 1 aromatic heterocycles. The quantitative estimate of drug-likeness (QED) is 0.779. The molecular formula is C11H15N3OS. The van der Waals surface area contributed by atoms with E-state index in [2.05, 4.69) is 4.98 Å². The first-order valence-electron chi connectivity index (χ1n) is 5.02. The Morgan fingerprint density at radius 1 is 1.62 bits per heavy atom. The van der Waals surface area contributed by atoms with Gasteiger partial charge in [-0.15, -0.1) is 0 Å². The van der Waals surface area contributed by atoms with Gasteiger partial charge in [0.2, 0.25) is 5.91 Å². The Morgan fingerprint density at radius 2 is 2.38 bits per heavy atom. The molecule has 5 heteroatoms. The van der Waals surface area contributed by atoms with Gasteiger partial charge in [0.15, 0.2) is 0 Å². The topological polar surface area (TPSA) is 59.2 Å².